The van der Waals surface area contributed by atoms with Gasteiger partial charge in [0.2, 0.25) is 0 Å². The Hall–Kier alpha value is -0.820. The van der Waals surface area contributed by atoms with E-state index in [2.05, 4.69) is 36.5 Å². The molecule has 1 aliphatic heterocycles. The summed E-state index contributed by atoms with van der Waals surface area (Å²) in [7, 11) is 0. The number of hydrogen-bond acceptors (Lipinski definition) is 1. The van der Waals surface area contributed by atoms with E-state index in [1.807, 2.05) is 0 Å². The average molecular weight is 161 g/mol. The van der Waals surface area contributed by atoms with Gasteiger partial charge in [0.25, 0.3) is 0 Å². The molecule has 0 amide bonds. The third-order valence-electron chi connectivity index (χ3n) is 2.53. The van der Waals surface area contributed by atoms with E-state index in [0.717, 1.165) is 6.04 Å². The largest absolute Gasteiger partial charge is 0.314 e. The van der Waals surface area contributed by atoms with Gasteiger partial charge in [-0.25, -0.2) is 0 Å². The Bertz CT molecular complexity index is 246. The summed E-state index contributed by atoms with van der Waals surface area (Å²) in [5.41, 5.74) is 2.80. The van der Waals surface area contributed by atoms with Gasteiger partial charge >= 0.3 is 0 Å². The lowest BCUT2D eigenvalue weighted by atomic mass is 9.98. The molecule has 0 saturated carbocycles. The van der Waals surface area contributed by atoms with Gasteiger partial charge in [0, 0.05) is 6.04 Å². The summed E-state index contributed by atoms with van der Waals surface area (Å²) in [6.07, 6.45) is 2.54. The zero-order valence-electron chi connectivity index (χ0n) is 7.51. The zero-order valence-corrected chi connectivity index (χ0v) is 7.51. The van der Waals surface area contributed by atoms with Crippen molar-refractivity contribution in [3.05, 3.63) is 35.4 Å². The van der Waals surface area contributed by atoms with Crippen molar-refractivity contribution in [3.8, 4) is 0 Å². The second-order valence-corrected chi connectivity index (χ2v) is 3.63. The lowest BCUT2D eigenvalue weighted by molar-refractivity contribution is 0.369. The first-order chi connectivity index (χ1) is 5.84. The summed E-state index contributed by atoms with van der Waals surface area (Å²) in [5.74, 6) is 0. The Morgan fingerprint density at radius 3 is 2.50 bits per heavy atom. The first-order valence-corrected chi connectivity index (χ1v) is 4.63. The van der Waals surface area contributed by atoms with E-state index in [1.54, 1.807) is 0 Å². The zero-order chi connectivity index (χ0) is 8.39. The van der Waals surface area contributed by atoms with Gasteiger partial charge in [-0.15, -0.1) is 0 Å². The smallest absolute Gasteiger partial charge is 0.0120 e. The summed E-state index contributed by atoms with van der Waals surface area (Å²) in [5, 5.41) is 3.41. The average Bonchev–Trinajstić information content (AvgIpc) is 2.00. The highest BCUT2D eigenvalue weighted by Crippen LogP contribution is 2.11. The van der Waals surface area contributed by atoms with Crippen LogP contribution >= 0.6 is 0 Å². The molecule has 0 radical (unpaired) electrons. The summed E-state index contributed by atoms with van der Waals surface area (Å²) in [4.78, 5) is 0. The molecule has 0 spiro atoms. The third kappa shape index (κ3) is 1.67. The van der Waals surface area contributed by atoms with Crippen molar-refractivity contribution in [2.45, 2.75) is 25.8 Å². The van der Waals surface area contributed by atoms with Crippen LogP contribution < -0.4 is 5.32 Å². The summed E-state index contributed by atoms with van der Waals surface area (Å²) < 4.78 is 0. The van der Waals surface area contributed by atoms with Gasteiger partial charge in [-0.1, -0.05) is 29.8 Å². The Kier molecular flexibility index (Phi) is 2.13. The van der Waals surface area contributed by atoms with E-state index >= 15 is 0 Å². The molecule has 1 nitrogen and oxygen atoms in total. The van der Waals surface area contributed by atoms with Crippen LogP contribution in [0.2, 0.25) is 0 Å². The van der Waals surface area contributed by atoms with Gasteiger partial charge in [-0.3, -0.25) is 0 Å². The van der Waals surface area contributed by atoms with Crippen molar-refractivity contribution in [3.63, 3.8) is 0 Å². The standard InChI is InChI=1S/C11H15N/c1-9-2-4-10(5-3-9)8-11-6-7-12-11/h2-5,11-12H,6-8H2,1H3. The fraction of sp³-hybridized carbons (Fsp3) is 0.455. The highest BCUT2D eigenvalue weighted by atomic mass is 15.0. The van der Waals surface area contributed by atoms with Gasteiger partial charge in [-0.2, -0.15) is 0 Å². The minimum atomic E-state index is 0.743. The van der Waals surface area contributed by atoms with Crippen LogP contribution in [0.3, 0.4) is 0 Å². The normalized spacial score (nSPS) is 21.9. The Labute approximate surface area is 73.8 Å². The number of nitrogens with one attached hydrogen (secondary N) is 1. The van der Waals surface area contributed by atoms with Gasteiger partial charge in [0.05, 0.1) is 0 Å². The highest BCUT2D eigenvalue weighted by Gasteiger charge is 2.15. The number of benzene rings is 1. The van der Waals surface area contributed by atoms with Gasteiger partial charge in [0.1, 0.15) is 0 Å². The van der Waals surface area contributed by atoms with E-state index in [0.29, 0.717) is 0 Å². The molecule has 64 valence electrons. The minimum Gasteiger partial charge on any atom is -0.314 e. The molecule has 0 bridgehead atoms. The van der Waals surface area contributed by atoms with Crippen LogP contribution in [0.15, 0.2) is 24.3 Å². The monoisotopic (exact) mass is 161 g/mol. The van der Waals surface area contributed by atoms with Gasteiger partial charge < -0.3 is 5.32 Å². The van der Waals surface area contributed by atoms with Crippen LogP contribution in [0.4, 0.5) is 0 Å². The lowest BCUT2D eigenvalue weighted by Crippen LogP contribution is -2.44. The van der Waals surface area contributed by atoms with E-state index in [1.165, 1.54) is 30.5 Å². The quantitative estimate of drug-likeness (QED) is 0.698. The minimum absolute atomic E-state index is 0.743. The summed E-state index contributed by atoms with van der Waals surface area (Å²) >= 11 is 0. The second-order valence-electron chi connectivity index (χ2n) is 3.63. The predicted octanol–water partition coefficient (Wildman–Crippen LogP) is 1.90. The molecule has 1 N–H and O–H groups in total. The molecule has 1 aromatic rings. The molecule has 1 fully saturated rings. The maximum atomic E-state index is 3.41. The van der Waals surface area contributed by atoms with Gasteiger partial charge in [-0.05, 0) is 31.9 Å². The fourth-order valence-corrected chi connectivity index (χ4v) is 1.53. The lowest BCUT2D eigenvalue weighted by Gasteiger charge is -2.27. The number of rotatable bonds is 2. The molecule has 2 rings (SSSR count). The molecule has 0 aliphatic carbocycles. The van der Waals surface area contributed by atoms with E-state index < -0.39 is 0 Å². The molecule has 0 aromatic heterocycles. The third-order valence-corrected chi connectivity index (χ3v) is 2.53. The summed E-state index contributed by atoms with van der Waals surface area (Å²) in [6.45, 7) is 3.34. The van der Waals surface area contributed by atoms with Crippen LogP contribution in [0.25, 0.3) is 0 Å². The molecule has 1 atom stereocenters. The van der Waals surface area contributed by atoms with Crippen LogP contribution in [-0.4, -0.2) is 12.6 Å². The van der Waals surface area contributed by atoms with Crippen LogP contribution in [0, 0.1) is 6.92 Å². The topological polar surface area (TPSA) is 12.0 Å². The maximum absolute atomic E-state index is 3.41. The summed E-state index contributed by atoms with van der Waals surface area (Å²) in [6, 6.07) is 9.58. The molecular formula is C11H15N. The van der Waals surface area contributed by atoms with Crippen molar-refractivity contribution >= 4 is 0 Å². The first-order valence-electron chi connectivity index (χ1n) is 4.63. The van der Waals surface area contributed by atoms with Crippen molar-refractivity contribution in [2.75, 3.05) is 6.54 Å². The highest BCUT2D eigenvalue weighted by molar-refractivity contribution is 5.22. The molecule has 1 aromatic carbocycles. The van der Waals surface area contributed by atoms with Gasteiger partial charge in [0.15, 0.2) is 0 Å². The maximum Gasteiger partial charge on any atom is 0.0120 e. The van der Waals surface area contributed by atoms with E-state index in [9.17, 15) is 0 Å². The molecular weight excluding hydrogens is 146 g/mol. The Morgan fingerprint density at radius 1 is 1.33 bits per heavy atom. The van der Waals surface area contributed by atoms with Crippen molar-refractivity contribution in [1.82, 2.24) is 5.32 Å². The predicted molar refractivity (Wildman–Crippen MR) is 51.3 cm³/mol. The second kappa shape index (κ2) is 3.28. The Morgan fingerprint density at radius 2 is 2.00 bits per heavy atom. The first kappa shape index (κ1) is 7.81. The Balaban J connectivity index is 1.98. The van der Waals surface area contributed by atoms with Crippen LogP contribution in [0.1, 0.15) is 17.5 Å². The van der Waals surface area contributed by atoms with E-state index in [4.69, 9.17) is 0 Å². The van der Waals surface area contributed by atoms with Crippen molar-refractivity contribution in [1.29, 1.82) is 0 Å². The molecule has 1 heteroatoms. The SMILES string of the molecule is Cc1ccc(CC2CCN2)cc1. The van der Waals surface area contributed by atoms with Crippen molar-refractivity contribution < 1.29 is 0 Å². The van der Waals surface area contributed by atoms with Crippen molar-refractivity contribution in [2.24, 2.45) is 0 Å². The van der Waals surface area contributed by atoms with Crippen LogP contribution in [-0.2, 0) is 6.42 Å². The molecule has 1 aliphatic rings. The van der Waals surface area contributed by atoms with E-state index in [-0.39, 0.29) is 0 Å². The molecule has 12 heavy (non-hydrogen) atoms. The molecule has 1 saturated heterocycles. The van der Waals surface area contributed by atoms with Crippen LogP contribution in [0.5, 0.6) is 0 Å². The molecule has 1 heterocycles. The fourth-order valence-electron chi connectivity index (χ4n) is 1.53. The number of hydrogen-bond donors (Lipinski definition) is 1. The molecule has 1 unspecified atom stereocenters. The number of aryl methyl sites for hydroxylation is 1.